The maximum Gasteiger partial charge on any atom is 0.123 e. The van der Waals surface area contributed by atoms with Crippen molar-refractivity contribution in [2.45, 2.75) is 19.5 Å². The van der Waals surface area contributed by atoms with Crippen molar-refractivity contribution in [1.82, 2.24) is 15.2 Å². The van der Waals surface area contributed by atoms with Crippen LogP contribution in [0.4, 0.5) is 0 Å². The van der Waals surface area contributed by atoms with Crippen molar-refractivity contribution in [1.29, 1.82) is 0 Å². The molecule has 1 aliphatic rings. The monoisotopic (exact) mass is 297 g/mol. The van der Waals surface area contributed by atoms with Gasteiger partial charge in [-0.1, -0.05) is 12.1 Å². The van der Waals surface area contributed by atoms with Gasteiger partial charge in [-0.15, -0.1) is 0 Å². The van der Waals surface area contributed by atoms with E-state index in [2.05, 4.69) is 46.5 Å². The topological polar surface area (TPSA) is 37.4 Å². The number of ether oxygens (including phenoxy) is 1. The van der Waals surface area contributed by atoms with E-state index >= 15 is 0 Å². The van der Waals surface area contributed by atoms with Gasteiger partial charge in [-0.2, -0.15) is 0 Å². The van der Waals surface area contributed by atoms with Crippen LogP contribution in [0, 0.1) is 0 Å². The first-order valence-electron chi connectivity index (χ1n) is 7.85. The molecule has 3 rings (SSSR count). The molecule has 1 aromatic carbocycles. The summed E-state index contributed by atoms with van der Waals surface area (Å²) in [6, 6.07) is 12.6. The minimum absolute atomic E-state index is 0.746. The van der Waals surface area contributed by atoms with E-state index in [1.807, 2.05) is 18.3 Å². The Kier molecular flexibility index (Phi) is 5.03. The maximum atomic E-state index is 5.73. The minimum atomic E-state index is 0.746. The number of hydrogen-bond donors (Lipinski definition) is 1. The maximum absolute atomic E-state index is 5.73. The normalized spacial score (nSPS) is 14.3. The smallest absolute Gasteiger partial charge is 0.123 e. The van der Waals surface area contributed by atoms with Crippen LogP contribution in [0.1, 0.15) is 16.8 Å². The lowest BCUT2D eigenvalue weighted by molar-refractivity contribution is 0.323. The molecule has 0 atom stereocenters. The van der Waals surface area contributed by atoms with Gasteiger partial charge in [-0.25, -0.2) is 0 Å². The number of rotatable bonds is 5. The molecule has 0 bridgehead atoms. The lowest BCUT2D eigenvalue weighted by Gasteiger charge is -2.17. The third kappa shape index (κ3) is 4.06. The van der Waals surface area contributed by atoms with E-state index in [4.69, 9.17) is 4.74 Å². The molecule has 116 valence electrons. The van der Waals surface area contributed by atoms with Crippen molar-refractivity contribution in [3.63, 3.8) is 0 Å². The van der Waals surface area contributed by atoms with Crippen LogP contribution in [0.2, 0.25) is 0 Å². The van der Waals surface area contributed by atoms with Gasteiger partial charge in [0.25, 0.3) is 0 Å². The Morgan fingerprint density at radius 2 is 2.23 bits per heavy atom. The lowest BCUT2D eigenvalue weighted by Crippen LogP contribution is -2.21. The summed E-state index contributed by atoms with van der Waals surface area (Å²) in [5.74, 6) is 1.02. The van der Waals surface area contributed by atoms with Crippen LogP contribution in [-0.4, -0.2) is 36.6 Å². The van der Waals surface area contributed by atoms with Crippen molar-refractivity contribution in [3.05, 3.63) is 59.4 Å². The molecular formula is C18H23N3O. The van der Waals surface area contributed by atoms with Gasteiger partial charge in [0.2, 0.25) is 0 Å². The van der Waals surface area contributed by atoms with Gasteiger partial charge < -0.3 is 15.0 Å². The van der Waals surface area contributed by atoms with Crippen LogP contribution < -0.4 is 10.1 Å². The Bertz CT molecular complexity index is 601. The molecule has 0 amide bonds. The highest BCUT2D eigenvalue weighted by atomic mass is 16.5. The van der Waals surface area contributed by atoms with Gasteiger partial charge in [-0.3, -0.25) is 4.98 Å². The molecule has 0 saturated heterocycles. The van der Waals surface area contributed by atoms with Crippen LogP contribution in [0.3, 0.4) is 0 Å². The van der Waals surface area contributed by atoms with E-state index in [0.717, 1.165) is 50.7 Å². The van der Waals surface area contributed by atoms with Gasteiger partial charge in [0.05, 0.1) is 0 Å². The number of pyridine rings is 1. The van der Waals surface area contributed by atoms with Crippen LogP contribution in [0.5, 0.6) is 5.75 Å². The van der Waals surface area contributed by atoms with Crippen molar-refractivity contribution < 1.29 is 4.74 Å². The summed E-state index contributed by atoms with van der Waals surface area (Å²) in [5.41, 5.74) is 3.73. The zero-order valence-corrected chi connectivity index (χ0v) is 13.1. The van der Waals surface area contributed by atoms with E-state index in [-0.39, 0.29) is 0 Å². The molecule has 4 nitrogen and oxygen atoms in total. The molecule has 0 saturated carbocycles. The highest BCUT2D eigenvalue weighted by molar-refractivity contribution is 5.37. The molecule has 0 fully saturated rings. The molecule has 1 aromatic heterocycles. The molecule has 2 aromatic rings. The van der Waals surface area contributed by atoms with E-state index < -0.39 is 0 Å². The summed E-state index contributed by atoms with van der Waals surface area (Å²) in [4.78, 5) is 6.71. The van der Waals surface area contributed by atoms with E-state index in [1.165, 1.54) is 11.1 Å². The molecule has 0 aliphatic carbocycles. The van der Waals surface area contributed by atoms with Gasteiger partial charge in [0, 0.05) is 50.1 Å². The Morgan fingerprint density at radius 1 is 1.27 bits per heavy atom. The summed E-state index contributed by atoms with van der Waals surface area (Å²) in [6.45, 7) is 4.49. The molecule has 0 unspecified atom stereocenters. The van der Waals surface area contributed by atoms with Gasteiger partial charge >= 0.3 is 0 Å². The van der Waals surface area contributed by atoms with Crippen molar-refractivity contribution >= 4 is 0 Å². The fraction of sp³-hybridized carbons (Fsp3) is 0.389. The van der Waals surface area contributed by atoms with E-state index in [1.54, 1.807) is 0 Å². The predicted molar refractivity (Wildman–Crippen MR) is 87.9 cm³/mol. The minimum Gasteiger partial charge on any atom is -0.492 e. The second kappa shape index (κ2) is 7.38. The highest BCUT2D eigenvalue weighted by Gasteiger charge is 2.10. The molecule has 1 N–H and O–H groups in total. The number of likely N-dealkylation sites (N-methyl/N-ethyl adjacent to an activating group) is 1. The Balaban J connectivity index is 1.57. The lowest BCUT2D eigenvalue weighted by atomic mass is 10.1. The quantitative estimate of drug-likeness (QED) is 0.918. The van der Waals surface area contributed by atoms with Crippen LogP contribution in [-0.2, 0) is 19.5 Å². The highest BCUT2D eigenvalue weighted by Crippen LogP contribution is 2.22. The molecule has 2 heterocycles. The van der Waals surface area contributed by atoms with Crippen LogP contribution >= 0.6 is 0 Å². The number of hydrogen-bond acceptors (Lipinski definition) is 4. The van der Waals surface area contributed by atoms with Crippen LogP contribution in [0.15, 0.2) is 42.6 Å². The summed E-state index contributed by atoms with van der Waals surface area (Å²) >= 11 is 0. The van der Waals surface area contributed by atoms with Crippen LogP contribution in [0.25, 0.3) is 0 Å². The number of aromatic nitrogens is 1. The van der Waals surface area contributed by atoms with E-state index in [0.29, 0.717) is 0 Å². The van der Waals surface area contributed by atoms with E-state index in [9.17, 15) is 0 Å². The standard InChI is InChI=1S/C18H23N3O/c1-21(10-7-17-4-2-3-8-20-17)14-15-5-6-18-16(12-15)13-19-9-11-22-18/h2-6,8,12,19H,7,9-11,13-14H2,1H3. The number of nitrogens with one attached hydrogen (secondary N) is 1. The zero-order valence-electron chi connectivity index (χ0n) is 13.1. The number of fused-ring (bicyclic) bond motifs is 1. The average Bonchev–Trinajstić information content (AvgIpc) is 2.79. The molecular weight excluding hydrogens is 274 g/mol. The second-order valence-corrected chi connectivity index (χ2v) is 5.78. The molecule has 4 heteroatoms. The first-order valence-corrected chi connectivity index (χ1v) is 7.85. The largest absolute Gasteiger partial charge is 0.492 e. The molecule has 0 radical (unpaired) electrons. The zero-order chi connectivity index (χ0) is 15.2. The molecule has 1 aliphatic heterocycles. The van der Waals surface area contributed by atoms with Crippen molar-refractivity contribution in [3.8, 4) is 5.75 Å². The first-order chi connectivity index (χ1) is 10.8. The van der Waals surface area contributed by atoms with Gasteiger partial charge in [0.15, 0.2) is 0 Å². The second-order valence-electron chi connectivity index (χ2n) is 5.78. The average molecular weight is 297 g/mol. The van der Waals surface area contributed by atoms with Gasteiger partial charge in [-0.05, 0) is 36.9 Å². The molecule has 0 spiro atoms. The van der Waals surface area contributed by atoms with Gasteiger partial charge in [0.1, 0.15) is 12.4 Å². The molecule has 22 heavy (non-hydrogen) atoms. The third-order valence-electron chi connectivity index (χ3n) is 3.91. The Labute approximate surface area is 132 Å². The number of nitrogens with zero attached hydrogens (tertiary/aromatic N) is 2. The third-order valence-corrected chi connectivity index (χ3v) is 3.91. The summed E-state index contributed by atoms with van der Waals surface area (Å²) < 4.78 is 5.73. The summed E-state index contributed by atoms with van der Waals surface area (Å²) in [6.07, 6.45) is 2.84. The summed E-state index contributed by atoms with van der Waals surface area (Å²) in [5, 5.41) is 3.38. The fourth-order valence-corrected chi connectivity index (χ4v) is 2.71. The number of benzene rings is 1. The Morgan fingerprint density at radius 3 is 3.09 bits per heavy atom. The van der Waals surface area contributed by atoms with Crippen molar-refractivity contribution in [2.24, 2.45) is 0 Å². The Hall–Kier alpha value is -1.91. The first kappa shape index (κ1) is 15.0. The van der Waals surface area contributed by atoms with Crippen molar-refractivity contribution in [2.75, 3.05) is 26.7 Å². The SMILES string of the molecule is CN(CCc1ccccn1)Cc1ccc2c(c1)CNCCO2. The fourth-order valence-electron chi connectivity index (χ4n) is 2.71. The summed E-state index contributed by atoms with van der Waals surface area (Å²) in [7, 11) is 2.16. The predicted octanol–water partition coefficient (Wildman–Crippen LogP) is 2.24.